The molecule has 5 heteroatoms. The average Bonchev–Trinajstić information content (AvgIpc) is 3.65. The van der Waals surface area contributed by atoms with Crippen molar-refractivity contribution in [2.24, 2.45) is 0 Å². The molecule has 8 rings (SSSR count). The Balaban J connectivity index is 0.00000193. The Morgan fingerprint density at radius 3 is 1.02 bits per heavy atom. The molecule has 4 saturated carbocycles. The van der Waals surface area contributed by atoms with Gasteiger partial charge in [-0.05, 0) is 0 Å². The van der Waals surface area contributed by atoms with Crippen molar-refractivity contribution in [3.63, 3.8) is 0 Å². The molecule has 2 aromatic rings. The van der Waals surface area contributed by atoms with Gasteiger partial charge in [-0.3, -0.25) is 0 Å². The van der Waals surface area contributed by atoms with E-state index in [-0.39, 0.29) is 40.7 Å². The SMILES string of the molecule is C1=C(P(C2CCCCC2)C2CCCCC2)[CH]([Zr+2][CH]2C(P(C3CCCCC3)C3CCCCC3)=Cc3ccccc32)c2ccccc21.[Cl-].[Cl-]. The minimum atomic E-state index is -0.887. The monoisotopic (exact) mass is 782 g/mol. The molecule has 2 aromatic carbocycles. The second-order valence-corrected chi connectivity index (χ2v) is 24.7. The van der Waals surface area contributed by atoms with Gasteiger partial charge in [0.25, 0.3) is 0 Å². The van der Waals surface area contributed by atoms with Crippen molar-refractivity contribution in [2.45, 2.75) is 158 Å². The average molecular weight is 785 g/mol. The van der Waals surface area contributed by atoms with Gasteiger partial charge >= 0.3 is 291 Å². The van der Waals surface area contributed by atoms with E-state index in [2.05, 4.69) is 60.7 Å². The Labute approximate surface area is 313 Å². The standard InChI is InChI=1S/2C21H28P.2ClH.Zr/c2*1-3-11-19(12-4-1)22(20-13-5-2-6-14-20)21-15-17-9-7-8-10-18(17)16-21;;;/h2*7-10,15-16,19-20H,1-6,11-14H2;2*1H;/q;;;;+2/p-2. The van der Waals surface area contributed by atoms with E-state index in [9.17, 15) is 0 Å². The molecule has 0 aliphatic heterocycles. The number of hydrogen-bond donors (Lipinski definition) is 0. The summed E-state index contributed by atoms with van der Waals surface area (Å²) >= 11 is -0.887. The van der Waals surface area contributed by atoms with E-state index in [1.807, 2.05) is 10.6 Å². The number of fused-ring (bicyclic) bond motifs is 2. The van der Waals surface area contributed by atoms with E-state index in [0.717, 1.165) is 29.9 Å². The maximum atomic E-state index is 2.84. The van der Waals surface area contributed by atoms with Gasteiger partial charge in [0, 0.05) is 0 Å². The first-order valence-corrected chi connectivity index (χ1v) is 25.1. The van der Waals surface area contributed by atoms with Gasteiger partial charge in [0.15, 0.2) is 0 Å². The quantitative estimate of drug-likeness (QED) is 0.243. The van der Waals surface area contributed by atoms with E-state index >= 15 is 0 Å². The Morgan fingerprint density at radius 1 is 0.404 bits per heavy atom. The fourth-order valence-corrected chi connectivity index (χ4v) is 25.8. The van der Waals surface area contributed by atoms with Crippen LogP contribution >= 0.6 is 15.8 Å². The molecule has 2 atom stereocenters. The Kier molecular flexibility index (Phi) is 13.9. The van der Waals surface area contributed by atoms with Crippen molar-refractivity contribution in [2.75, 3.05) is 0 Å². The molecule has 6 aliphatic rings. The number of halogens is 2. The van der Waals surface area contributed by atoms with E-state index in [4.69, 9.17) is 0 Å². The molecular formula is C42H56Cl2P2Zr. The van der Waals surface area contributed by atoms with Crippen LogP contribution in [0.15, 0.2) is 59.2 Å². The molecule has 6 aliphatic carbocycles. The first kappa shape index (κ1) is 37.0. The molecule has 0 amide bonds. The largest absolute Gasteiger partial charge is 1.00 e. The van der Waals surface area contributed by atoms with Crippen LogP contribution in [-0.2, 0) is 23.2 Å². The molecule has 2 unspecified atom stereocenters. The van der Waals surface area contributed by atoms with Crippen LogP contribution in [0.5, 0.6) is 0 Å². The Bertz CT molecular complexity index is 1220. The molecule has 0 bridgehead atoms. The zero-order valence-corrected chi connectivity index (χ0v) is 34.3. The van der Waals surface area contributed by atoms with E-state index in [1.165, 1.54) is 128 Å². The van der Waals surface area contributed by atoms with Crippen LogP contribution in [0.1, 0.15) is 158 Å². The summed E-state index contributed by atoms with van der Waals surface area (Å²) in [6.45, 7) is 0. The molecule has 0 spiro atoms. The van der Waals surface area contributed by atoms with Gasteiger partial charge in [-0.25, -0.2) is 0 Å². The molecule has 0 saturated heterocycles. The molecular weight excluding hydrogens is 729 g/mol. The fraction of sp³-hybridized carbons (Fsp3) is 0.619. The topological polar surface area (TPSA) is 0 Å². The normalized spacial score (nSPS) is 25.7. The van der Waals surface area contributed by atoms with Gasteiger partial charge in [0.1, 0.15) is 0 Å². The third kappa shape index (κ3) is 8.02. The van der Waals surface area contributed by atoms with Crippen molar-refractivity contribution in [3.8, 4) is 0 Å². The van der Waals surface area contributed by atoms with Gasteiger partial charge < -0.3 is 24.8 Å². The summed E-state index contributed by atoms with van der Waals surface area (Å²) in [7, 11) is -0.0714. The van der Waals surface area contributed by atoms with E-state index in [1.54, 1.807) is 22.3 Å². The summed E-state index contributed by atoms with van der Waals surface area (Å²) in [5.74, 6) is 0. The first-order valence-electron chi connectivity index (χ1n) is 19.3. The molecule has 47 heavy (non-hydrogen) atoms. The van der Waals surface area contributed by atoms with Crippen LogP contribution in [0.2, 0.25) is 0 Å². The third-order valence-corrected chi connectivity index (χ3v) is 25.7. The van der Waals surface area contributed by atoms with Crippen LogP contribution in [0, 0.1) is 0 Å². The van der Waals surface area contributed by atoms with E-state index < -0.39 is 23.2 Å². The second-order valence-electron chi connectivity index (χ2n) is 15.4. The molecule has 0 N–H and O–H groups in total. The zero-order chi connectivity index (χ0) is 30.0. The number of benzene rings is 2. The van der Waals surface area contributed by atoms with Crippen LogP contribution in [0.25, 0.3) is 12.2 Å². The van der Waals surface area contributed by atoms with Crippen LogP contribution in [-0.4, -0.2) is 22.6 Å². The fourth-order valence-electron chi connectivity index (χ4n) is 10.5. The van der Waals surface area contributed by atoms with Gasteiger partial charge in [0.2, 0.25) is 0 Å². The van der Waals surface area contributed by atoms with Crippen molar-refractivity contribution in [3.05, 3.63) is 81.4 Å². The van der Waals surface area contributed by atoms with E-state index in [0.29, 0.717) is 0 Å². The van der Waals surface area contributed by atoms with Crippen molar-refractivity contribution in [1.29, 1.82) is 0 Å². The minimum absolute atomic E-state index is 0. The van der Waals surface area contributed by atoms with Gasteiger partial charge in [-0.15, -0.1) is 0 Å². The van der Waals surface area contributed by atoms with Crippen LogP contribution in [0.4, 0.5) is 0 Å². The minimum Gasteiger partial charge on any atom is -1.00 e. The summed E-state index contributed by atoms with van der Waals surface area (Å²) in [5, 5.41) is 4.06. The molecule has 0 nitrogen and oxygen atoms in total. The summed E-state index contributed by atoms with van der Waals surface area (Å²) in [6, 6.07) is 19.6. The third-order valence-electron chi connectivity index (χ3n) is 12.6. The van der Waals surface area contributed by atoms with Crippen molar-refractivity contribution in [1.82, 2.24) is 0 Å². The molecule has 0 radical (unpaired) electrons. The van der Waals surface area contributed by atoms with Crippen LogP contribution in [0.3, 0.4) is 0 Å². The predicted octanol–water partition coefficient (Wildman–Crippen LogP) is 7.56. The van der Waals surface area contributed by atoms with Crippen molar-refractivity contribution < 1.29 is 48.0 Å². The Morgan fingerprint density at radius 2 is 0.702 bits per heavy atom. The zero-order valence-electron chi connectivity index (χ0n) is 28.5. The summed E-state index contributed by atoms with van der Waals surface area (Å²) in [6.07, 6.45) is 35.8. The van der Waals surface area contributed by atoms with Gasteiger partial charge in [0.05, 0.1) is 0 Å². The second kappa shape index (κ2) is 17.6. The van der Waals surface area contributed by atoms with Crippen LogP contribution < -0.4 is 24.8 Å². The van der Waals surface area contributed by atoms with Crippen molar-refractivity contribution >= 4 is 28.0 Å². The van der Waals surface area contributed by atoms with Gasteiger partial charge in [-0.1, -0.05) is 0 Å². The molecule has 252 valence electrons. The summed E-state index contributed by atoms with van der Waals surface area (Å²) in [4.78, 5) is 0. The Hall–Kier alpha value is 0.243. The number of hydrogen-bond acceptors (Lipinski definition) is 0. The predicted molar refractivity (Wildman–Crippen MR) is 196 cm³/mol. The summed E-state index contributed by atoms with van der Waals surface area (Å²) in [5.41, 5.74) is 10.8. The molecule has 0 heterocycles. The smallest absolute Gasteiger partial charge is 1.00 e. The number of rotatable bonds is 8. The molecule has 0 aromatic heterocycles. The maximum Gasteiger partial charge on any atom is -1.00 e. The molecule has 4 fully saturated rings. The maximum absolute atomic E-state index is 2.84. The summed E-state index contributed by atoms with van der Waals surface area (Å²) < 4.78 is 1.60. The number of allylic oxidation sites excluding steroid dienone is 2. The first-order chi connectivity index (χ1) is 22.3. The van der Waals surface area contributed by atoms with Gasteiger partial charge in [-0.2, -0.15) is 0 Å².